The number of rotatable bonds is 7. The van der Waals surface area contributed by atoms with Crippen molar-refractivity contribution in [2.24, 2.45) is 5.92 Å². The van der Waals surface area contributed by atoms with Crippen LogP contribution in [0.2, 0.25) is 0 Å². The lowest BCUT2D eigenvalue weighted by Crippen LogP contribution is -3.17. The van der Waals surface area contributed by atoms with Crippen LogP contribution in [0.5, 0.6) is 5.75 Å². The van der Waals surface area contributed by atoms with Crippen molar-refractivity contribution in [2.45, 2.75) is 45.6 Å². The van der Waals surface area contributed by atoms with Gasteiger partial charge in [0.05, 0.1) is 31.8 Å². The number of imide groups is 1. The first-order valence-electron chi connectivity index (χ1n) is 10.2. The van der Waals surface area contributed by atoms with Crippen molar-refractivity contribution in [3.63, 3.8) is 0 Å². The number of hydrogen-bond donors (Lipinski definition) is 2. The molecule has 2 fully saturated rings. The van der Waals surface area contributed by atoms with Crippen LogP contribution in [0.3, 0.4) is 0 Å². The maximum Gasteiger partial charge on any atom is 0.292 e. The number of nitrogens with one attached hydrogen (secondary N) is 2. The molecule has 2 aliphatic heterocycles. The van der Waals surface area contributed by atoms with Gasteiger partial charge in [-0.05, 0) is 36.6 Å². The molecule has 0 spiro atoms. The molecule has 3 amide bonds. The molecule has 1 atom stereocenters. The molecule has 3 rings (SSSR count). The van der Waals surface area contributed by atoms with Crippen LogP contribution < -0.4 is 19.9 Å². The summed E-state index contributed by atoms with van der Waals surface area (Å²) in [5.74, 6) is 0.945. The highest BCUT2D eigenvalue weighted by molar-refractivity contribution is 6.21. The predicted molar refractivity (Wildman–Crippen MR) is 105 cm³/mol. The molecule has 0 saturated carbocycles. The van der Waals surface area contributed by atoms with Crippen LogP contribution in [0, 0.1) is 5.92 Å². The van der Waals surface area contributed by atoms with E-state index in [-0.39, 0.29) is 30.2 Å². The average molecular weight is 388 g/mol. The fraction of sp³-hybridized carbons (Fsp3) is 0.571. The van der Waals surface area contributed by atoms with E-state index in [1.807, 2.05) is 6.92 Å². The Kier molecular flexibility index (Phi) is 6.67. The summed E-state index contributed by atoms with van der Waals surface area (Å²) in [7, 11) is 0. The van der Waals surface area contributed by atoms with E-state index in [1.165, 1.54) is 16.7 Å². The highest BCUT2D eigenvalue weighted by atomic mass is 16.5. The smallest absolute Gasteiger partial charge is 0.292 e. The molecule has 2 N–H and O–H groups in total. The Labute approximate surface area is 166 Å². The molecule has 0 unspecified atom stereocenters. The molecule has 0 bridgehead atoms. The van der Waals surface area contributed by atoms with E-state index in [0.717, 1.165) is 38.1 Å². The topological polar surface area (TPSA) is 80.2 Å². The number of likely N-dealkylation sites (tertiary alicyclic amines) is 1. The fourth-order valence-corrected chi connectivity index (χ4v) is 4.02. The molecule has 0 aliphatic carbocycles. The number of hydrogen-bond acceptors (Lipinski definition) is 4. The van der Waals surface area contributed by atoms with E-state index in [9.17, 15) is 14.4 Å². The summed E-state index contributed by atoms with van der Waals surface area (Å²) in [4.78, 5) is 39.1. The molecule has 2 saturated heterocycles. The van der Waals surface area contributed by atoms with E-state index < -0.39 is 0 Å². The Morgan fingerprint density at radius 2 is 1.89 bits per heavy atom. The molecular weight excluding hydrogens is 358 g/mol. The third-order valence-corrected chi connectivity index (χ3v) is 5.59. The summed E-state index contributed by atoms with van der Waals surface area (Å²) in [6.45, 7) is 6.61. The van der Waals surface area contributed by atoms with E-state index in [0.29, 0.717) is 24.8 Å². The predicted octanol–water partition coefficient (Wildman–Crippen LogP) is 0.538. The summed E-state index contributed by atoms with van der Waals surface area (Å²) in [5.41, 5.74) is 0.612. The lowest BCUT2D eigenvalue weighted by Gasteiger charge is -2.32. The van der Waals surface area contributed by atoms with Crippen LogP contribution in [-0.4, -0.2) is 50.0 Å². The van der Waals surface area contributed by atoms with Gasteiger partial charge in [-0.15, -0.1) is 0 Å². The molecule has 0 aromatic heterocycles. The van der Waals surface area contributed by atoms with Gasteiger partial charge in [0, 0.05) is 26.3 Å². The Hall–Kier alpha value is -2.41. The zero-order chi connectivity index (χ0) is 20.1. The highest BCUT2D eigenvalue weighted by Crippen LogP contribution is 2.25. The molecule has 152 valence electrons. The highest BCUT2D eigenvalue weighted by Gasteiger charge is 2.46. The monoisotopic (exact) mass is 388 g/mol. The lowest BCUT2D eigenvalue weighted by atomic mass is 9.95. The number of piperidine rings is 1. The summed E-state index contributed by atoms with van der Waals surface area (Å²) in [6, 6.07) is 6.86. The zero-order valence-corrected chi connectivity index (χ0v) is 16.7. The van der Waals surface area contributed by atoms with Crippen molar-refractivity contribution < 1.29 is 24.0 Å². The number of amides is 3. The number of quaternary nitrogens is 1. The van der Waals surface area contributed by atoms with Gasteiger partial charge >= 0.3 is 0 Å². The first-order chi connectivity index (χ1) is 13.5. The minimum absolute atomic E-state index is 0.00639. The van der Waals surface area contributed by atoms with Crippen LogP contribution in [0.15, 0.2) is 24.3 Å². The summed E-state index contributed by atoms with van der Waals surface area (Å²) in [5, 5.41) is 2.87. The van der Waals surface area contributed by atoms with E-state index in [1.54, 1.807) is 24.3 Å². The fourth-order valence-electron chi connectivity index (χ4n) is 4.02. The number of carbonyl (C=O) groups excluding carboxylic acids is 3. The molecule has 1 aromatic carbocycles. The molecular formula is C21H30N3O4+. The Bertz CT molecular complexity index is 711. The lowest BCUT2D eigenvalue weighted by molar-refractivity contribution is -0.920. The standard InChI is InChI=1S/C21H29N3O4/c1-3-12-28-18-6-4-17(5-7-18)24-20(26)13-19(21(24)27)23-10-8-16(9-11-23)14-22-15(2)25/h4-7,16,19H,3,8-14H2,1-2H3,(H,22,25)/p+1/t19-/m1/s1. The van der Waals surface area contributed by atoms with Crippen LogP contribution in [-0.2, 0) is 14.4 Å². The van der Waals surface area contributed by atoms with Crippen molar-refractivity contribution in [3.05, 3.63) is 24.3 Å². The van der Waals surface area contributed by atoms with Gasteiger partial charge in [0.25, 0.3) is 5.91 Å². The first kappa shape index (κ1) is 20.3. The second-order valence-corrected chi connectivity index (χ2v) is 7.71. The minimum Gasteiger partial charge on any atom is -0.494 e. The maximum atomic E-state index is 13.0. The number of ether oxygens (including phenoxy) is 1. The van der Waals surface area contributed by atoms with Gasteiger partial charge in [0.2, 0.25) is 11.8 Å². The van der Waals surface area contributed by atoms with Crippen LogP contribution in [0.1, 0.15) is 39.5 Å². The summed E-state index contributed by atoms with van der Waals surface area (Å²) < 4.78 is 5.57. The summed E-state index contributed by atoms with van der Waals surface area (Å²) >= 11 is 0. The van der Waals surface area contributed by atoms with Crippen molar-refractivity contribution in [1.82, 2.24) is 5.32 Å². The third kappa shape index (κ3) is 4.70. The van der Waals surface area contributed by atoms with E-state index in [4.69, 9.17) is 4.74 Å². The largest absolute Gasteiger partial charge is 0.494 e. The van der Waals surface area contributed by atoms with Crippen molar-refractivity contribution >= 4 is 23.4 Å². The molecule has 2 heterocycles. The van der Waals surface area contributed by atoms with Gasteiger partial charge in [-0.1, -0.05) is 6.92 Å². The Morgan fingerprint density at radius 1 is 1.21 bits per heavy atom. The second kappa shape index (κ2) is 9.19. The quantitative estimate of drug-likeness (QED) is 0.668. The van der Waals surface area contributed by atoms with Crippen molar-refractivity contribution in [1.29, 1.82) is 0 Å². The molecule has 1 aromatic rings. The Balaban J connectivity index is 1.59. The number of benzene rings is 1. The van der Waals surface area contributed by atoms with Crippen LogP contribution in [0.4, 0.5) is 5.69 Å². The van der Waals surface area contributed by atoms with Gasteiger partial charge in [-0.25, -0.2) is 4.90 Å². The minimum atomic E-state index is -0.301. The molecule has 28 heavy (non-hydrogen) atoms. The van der Waals surface area contributed by atoms with Gasteiger partial charge in [-0.2, -0.15) is 0 Å². The number of nitrogens with zero attached hydrogens (tertiary/aromatic N) is 1. The average Bonchev–Trinajstić information content (AvgIpc) is 2.99. The van der Waals surface area contributed by atoms with Crippen molar-refractivity contribution in [2.75, 3.05) is 31.1 Å². The van der Waals surface area contributed by atoms with Crippen LogP contribution in [0.25, 0.3) is 0 Å². The molecule has 7 heteroatoms. The number of anilines is 1. The molecule has 2 aliphatic rings. The normalized spacial score (nSPS) is 25.1. The van der Waals surface area contributed by atoms with E-state index >= 15 is 0 Å². The van der Waals surface area contributed by atoms with Gasteiger partial charge < -0.3 is 15.0 Å². The van der Waals surface area contributed by atoms with E-state index in [2.05, 4.69) is 5.32 Å². The van der Waals surface area contributed by atoms with Gasteiger partial charge in [-0.3, -0.25) is 14.4 Å². The van der Waals surface area contributed by atoms with Gasteiger partial charge in [0.15, 0.2) is 6.04 Å². The maximum absolute atomic E-state index is 13.0. The van der Waals surface area contributed by atoms with Gasteiger partial charge in [0.1, 0.15) is 5.75 Å². The Morgan fingerprint density at radius 3 is 2.50 bits per heavy atom. The zero-order valence-electron chi connectivity index (χ0n) is 16.7. The SMILES string of the molecule is CCCOc1ccc(N2C(=O)C[C@@H]([NH+]3CCC(CNC(C)=O)CC3)C2=O)cc1. The summed E-state index contributed by atoms with van der Waals surface area (Å²) in [6.07, 6.45) is 3.10. The number of carbonyl (C=O) groups is 3. The third-order valence-electron chi connectivity index (χ3n) is 5.59. The van der Waals surface area contributed by atoms with Crippen molar-refractivity contribution in [3.8, 4) is 5.75 Å². The van der Waals surface area contributed by atoms with Crippen LogP contribution >= 0.6 is 0 Å². The first-order valence-corrected chi connectivity index (χ1v) is 10.2. The second-order valence-electron chi connectivity index (χ2n) is 7.71. The molecule has 7 nitrogen and oxygen atoms in total. The molecule has 0 radical (unpaired) electrons.